The second kappa shape index (κ2) is 8.31. The van der Waals surface area contributed by atoms with E-state index >= 15 is 0 Å². The summed E-state index contributed by atoms with van der Waals surface area (Å²) in [5.74, 6) is 0. The average molecular weight is 563 g/mol. The second-order valence-corrected chi connectivity index (χ2v) is 12.9. The molecule has 10 rings (SSSR count). The molecule has 200 valence electrons. The summed E-state index contributed by atoms with van der Waals surface area (Å²) in [6.45, 7) is 0. The molecular weight excluding hydrogens is 537 g/mol. The van der Waals surface area contributed by atoms with Gasteiger partial charge >= 0.3 is 0 Å². The van der Waals surface area contributed by atoms with Gasteiger partial charge in [0.2, 0.25) is 0 Å². The highest BCUT2D eigenvalue weighted by Gasteiger charge is 2.58. The van der Waals surface area contributed by atoms with Gasteiger partial charge in [-0.15, -0.1) is 11.3 Å². The summed E-state index contributed by atoms with van der Waals surface area (Å²) in [6, 6.07) is 57.5. The van der Waals surface area contributed by atoms with Gasteiger partial charge in [-0.2, -0.15) is 0 Å². The van der Waals surface area contributed by atoms with Crippen LogP contribution in [-0.4, -0.2) is 0 Å². The first-order valence-corrected chi connectivity index (χ1v) is 15.9. The number of hydrogen-bond acceptors (Lipinski definition) is 1. The number of hydrogen-bond donors (Lipinski definition) is 0. The molecular formula is C42H26S. The molecule has 1 heteroatoms. The zero-order valence-corrected chi connectivity index (χ0v) is 24.2. The molecule has 0 bridgehead atoms. The van der Waals surface area contributed by atoms with Gasteiger partial charge in [0, 0.05) is 4.88 Å². The molecule has 43 heavy (non-hydrogen) atoms. The minimum atomic E-state index is -0.426. The summed E-state index contributed by atoms with van der Waals surface area (Å²) >= 11 is 1.81. The monoisotopic (exact) mass is 562 g/mol. The number of fused-ring (bicyclic) bond motifs is 16. The van der Waals surface area contributed by atoms with Crippen molar-refractivity contribution in [2.75, 3.05) is 0 Å². The largest absolute Gasteiger partial charge is 0.144 e. The molecule has 0 amide bonds. The minimum Gasteiger partial charge on any atom is -0.144 e. The molecule has 0 atom stereocenters. The molecule has 0 N–H and O–H groups in total. The van der Waals surface area contributed by atoms with Crippen molar-refractivity contribution in [3.05, 3.63) is 202 Å². The fourth-order valence-corrected chi connectivity index (χ4v) is 9.56. The minimum absolute atomic E-state index is 0.394. The third-order valence-electron chi connectivity index (χ3n) is 10.3. The zero-order valence-electron chi connectivity index (χ0n) is 23.4. The Morgan fingerprint density at radius 3 is 1.16 bits per heavy atom. The molecule has 0 radical (unpaired) electrons. The topological polar surface area (TPSA) is 0 Å². The van der Waals surface area contributed by atoms with Gasteiger partial charge in [0.05, 0.1) is 10.8 Å². The molecule has 0 unspecified atom stereocenters. The summed E-state index contributed by atoms with van der Waals surface area (Å²) in [5.41, 5.74) is 16.9. The van der Waals surface area contributed by atoms with E-state index in [2.05, 4.69) is 157 Å². The van der Waals surface area contributed by atoms with Gasteiger partial charge in [-0.3, -0.25) is 0 Å². The van der Waals surface area contributed by atoms with Crippen LogP contribution in [0.4, 0.5) is 0 Å². The van der Waals surface area contributed by atoms with Crippen LogP contribution in [0.5, 0.6) is 0 Å². The molecule has 2 spiro atoms. The third-order valence-corrected chi connectivity index (χ3v) is 11.2. The lowest BCUT2D eigenvalue weighted by atomic mass is 9.52. The maximum Gasteiger partial charge on any atom is 0.0720 e. The quantitative estimate of drug-likeness (QED) is 0.187. The van der Waals surface area contributed by atoms with Crippen molar-refractivity contribution >= 4 is 11.3 Å². The van der Waals surface area contributed by atoms with E-state index in [9.17, 15) is 0 Å². The van der Waals surface area contributed by atoms with E-state index in [4.69, 9.17) is 0 Å². The summed E-state index contributed by atoms with van der Waals surface area (Å²) in [6.07, 6.45) is 0. The van der Waals surface area contributed by atoms with E-state index in [1.165, 1.54) is 77.2 Å². The van der Waals surface area contributed by atoms with Crippen LogP contribution in [0.2, 0.25) is 0 Å². The van der Waals surface area contributed by atoms with Crippen LogP contribution in [-0.2, 0) is 10.8 Å². The van der Waals surface area contributed by atoms with Crippen LogP contribution in [0.3, 0.4) is 0 Å². The van der Waals surface area contributed by atoms with Crippen molar-refractivity contribution in [1.29, 1.82) is 0 Å². The first-order chi connectivity index (χ1) is 21.3. The van der Waals surface area contributed by atoms with Crippen molar-refractivity contribution in [3.8, 4) is 32.7 Å². The first-order valence-electron chi connectivity index (χ1n) is 15.0. The highest BCUT2D eigenvalue weighted by Crippen LogP contribution is 2.67. The van der Waals surface area contributed by atoms with Crippen molar-refractivity contribution in [1.82, 2.24) is 0 Å². The summed E-state index contributed by atoms with van der Waals surface area (Å²) in [7, 11) is 0. The molecule has 3 aliphatic carbocycles. The van der Waals surface area contributed by atoms with Crippen LogP contribution in [0.15, 0.2) is 157 Å². The second-order valence-electron chi connectivity index (χ2n) is 12.0. The molecule has 1 heterocycles. The van der Waals surface area contributed by atoms with Crippen LogP contribution in [0.1, 0.15) is 44.5 Å². The van der Waals surface area contributed by atoms with E-state index in [1.54, 1.807) is 0 Å². The number of thiophene rings is 1. The normalized spacial score (nSPS) is 15.3. The number of rotatable bonds is 1. The Kier molecular flexibility index (Phi) is 4.56. The highest BCUT2D eigenvalue weighted by atomic mass is 32.1. The van der Waals surface area contributed by atoms with Crippen molar-refractivity contribution < 1.29 is 0 Å². The van der Waals surface area contributed by atoms with E-state index in [1.807, 2.05) is 11.3 Å². The number of benzene rings is 6. The zero-order chi connectivity index (χ0) is 28.2. The fraction of sp³-hybridized carbons (Fsp3) is 0.0476. The summed E-state index contributed by atoms with van der Waals surface area (Å²) < 4.78 is 0. The van der Waals surface area contributed by atoms with Gasteiger partial charge in [0.25, 0.3) is 0 Å². The molecule has 0 aliphatic heterocycles. The Hall–Kier alpha value is -4.98. The van der Waals surface area contributed by atoms with Gasteiger partial charge in [-0.1, -0.05) is 140 Å². The Morgan fingerprint density at radius 2 is 0.721 bits per heavy atom. The lowest BCUT2D eigenvalue weighted by Gasteiger charge is -2.48. The van der Waals surface area contributed by atoms with Crippen LogP contribution >= 0.6 is 11.3 Å². The van der Waals surface area contributed by atoms with Crippen LogP contribution < -0.4 is 0 Å². The summed E-state index contributed by atoms with van der Waals surface area (Å²) in [5, 5.41) is 2.18. The Bertz CT molecular complexity index is 2160. The van der Waals surface area contributed by atoms with Gasteiger partial charge < -0.3 is 0 Å². The van der Waals surface area contributed by atoms with Crippen LogP contribution in [0.25, 0.3) is 32.7 Å². The average Bonchev–Trinajstić information content (AvgIpc) is 3.79. The SMILES string of the molecule is c1csc(-c2ccc3c(c2)C2(c4ccccc4-3)c3ccccc3C3(c4ccccc4-c4ccccc43)c3ccccc32)c1. The lowest BCUT2D eigenvalue weighted by Crippen LogP contribution is -2.43. The molecule has 3 aliphatic rings. The van der Waals surface area contributed by atoms with Crippen molar-refractivity contribution in [2.45, 2.75) is 10.8 Å². The smallest absolute Gasteiger partial charge is 0.0720 e. The standard InChI is InChI=1S/C42H26S/c1-4-15-32-28(12-1)29-13-2-5-16-33(29)41(32)35-18-7-9-20-37(35)42(38-21-10-8-19-36(38)41)34-17-6-3-14-30(34)31-24-23-27(26-39(31)42)40-22-11-25-43-40/h1-26H. The predicted molar refractivity (Wildman–Crippen MR) is 178 cm³/mol. The van der Waals surface area contributed by atoms with Gasteiger partial charge in [-0.25, -0.2) is 0 Å². The molecule has 0 saturated carbocycles. The third kappa shape index (κ3) is 2.69. The molecule has 0 nitrogen and oxygen atoms in total. The van der Waals surface area contributed by atoms with Crippen molar-refractivity contribution in [3.63, 3.8) is 0 Å². The van der Waals surface area contributed by atoms with Crippen LogP contribution in [0, 0.1) is 0 Å². The maximum atomic E-state index is 2.49. The molecule has 6 aromatic carbocycles. The Morgan fingerprint density at radius 1 is 0.326 bits per heavy atom. The predicted octanol–water partition coefficient (Wildman–Crippen LogP) is 10.5. The molecule has 0 saturated heterocycles. The van der Waals surface area contributed by atoms with E-state index < -0.39 is 10.8 Å². The van der Waals surface area contributed by atoms with Crippen molar-refractivity contribution in [2.24, 2.45) is 0 Å². The maximum absolute atomic E-state index is 2.49. The Balaban J connectivity index is 1.41. The summed E-state index contributed by atoms with van der Waals surface area (Å²) in [4.78, 5) is 1.31. The van der Waals surface area contributed by atoms with Gasteiger partial charge in [0.1, 0.15) is 0 Å². The van der Waals surface area contributed by atoms with Gasteiger partial charge in [0.15, 0.2) is 0 Å². The fourth-order valence-electron chi connectivity index (χ4n) is 8.84. The Labute approximate surface area is 255 Å². The molecule has 7 aromatic rings. The van der Waals surface area contributed by atoms with E-state index in [-0.39, 0.29) is 0 Å². The molecule has 0 fully saturated rings. The van der Waals surface area contributed by atoms with Gasteiger partial charge in [-0.05, 0) is 89.8 Å². The first kappa shape index (κ1) is 23.6. The molecule has 1 aromatic heterocycles. The van der Waals surface area contributed by atoms with E-state index in [0.717, 1.165) is 0 Å². The van der Waals surface area contributed by atoms with E-state index in [0.29, 0.717) is 0 Å². The highest BCUT2D eigenvalue weighted by molar-refractivity contribution is 7.13. The lowest BCUT2D eigenvalue weighted by molar-refractivity contribution is 0.633.